The van der Waals surface area contributed by atoms with Crippen molar-refractivity contribution in [2.75, 3.05) is 7.05 Å². The molecule has 0 aliphatic rings. The number of aryl methyl sites for hydroxylation is 1. The van der Waals surface area contributed by atoms with Crippen LogP contribution < -0.4 is 10.6 Å². The second kappa shape index (κ2) is 7.65. The van der Waals surface area contributed by atoms with Crippen LogP contribution in [-0.2, 0) is 12.7 Å². The third-order valence-corrected chi connectivity index (χ3v) is 4.33. The topological polar surface area (TPSA) is 49.3 Å². The molecule has 0 aliphatic heterocycles. The number of aromatic nitrogens is 1. The van der Waals surface area contributed by atoms with Crippen molar-refractivity contribution in [3.8, 4) is 0 Å². The second-order valence-corrected chi connectivity index (χ2v) is 6.22. The zero-order valence-electron chi connectivity index (χ0n) is 13.6. The van der Waals surface area contributed by atoms with E-state index in [-0.39, 0.29) is 12.6 Å². The number of thiazole rings is 1. The van der Waals surface area contributed by atoms with E-state index in [4.69, 9.17) is 0 Å². The van der Waals surface area contributed by atoms with Gasteiger partial charge < -0.3 is 10.6 Å². The maximum atomic E-state index is 12.6. The van der Waals surface area contributed by atoms with E-state index in [1.165, 1.54) is 0 Å². The van der Waals surface area contributed by atoms with Gasteiger partial charge in [-0.2, -0.15) is 13.2 Å². The fourth-order valence-corrected chi connectivity index (χ4v) is 2.97. The summed E-state index contributed by atoms with van der Waals surface area (Å²) in [6.45, 7) is 4.21. The Bertz CT molecular complexity index is 709. The Balaban J connectivity index is 1.96. The zero-order valence-corrected chi connectivity index (χ0v) is 14.4. The van der Waals surface area contributed by atoms with Gasteiger partial charge in [0.1, 0.15) is 5.01 Å². The highest BCUT2D eigenvalue weighted by atomic mass is 32.1. The Hall–Kier alpha value is -2.09. The molecular formula is C16H19F3N4S. The lowest BCUT2D eigenvalue weighted by Gasteiger charge is -2.19. The fraction of sp³-hybridized carbons (Fsp3) is 0.375. The van der Waals surface area contributed by atoms with Crippen LogP contribution in [0.3, 0.4) is 0 Å². The molecule has 0 saturated carbocycles. The summed E-state index contributed by atoms with van der Waals surface area (Å²) in [5, 5.41) is 7.59. The Morgan fingerprint density at radius 2 is 2.04 bits per heavy atom. The molecule has 0 fully saturated rings. The van der Waals surface area contributed by atoms with E-state index >= 15 is 0 Å². The molecule has 1 unspecified atom stereocenters. The third-order valence-electron chi connectivity index (χ3n) is 3.48. The van der Waals surface area contributed by atoms with Gasteiger partial charge in [-0.1, -0.05) is 24.3 Å². The lowest BCUT2D eigenvalue weighted by Crippen LogP contribution is -2.38. The van der Waals surface area contributed by atoms with Crippen LogP contribution in [0.2, 0.25) is 0 Å². The zero-order chi connectivity index (χ0) is 17.7. The SMILES string of the molecule is CN=C(NCc1nc(C(F)(F)F)cs1)NC(C)c1ccccc1C. The van der Waals surface area contributed by atoms with Crippen LogP contribution in [0.25, 0.3) is 0 Å². The van der Waals surface area contributed by atoms with E-state index in [1.54, 1.807) is 7.05 Å². The highest BCUT2D eigenvalue weighted by Gasteiger charge is 2.33. The van der Waals surface area contributed by atoms with E-state index in [9.17, 15) is 13.2 Å². The Kier molecular flexibility index (Phi) is 5.82. The first kappa shape index (κ1) is 18.3. The number of nitrogens with zero attached hydrogens (tertiary/aromatic N) is 2. The Morgan fingerprint density at radius 1 is 1.33 bits per heavy atom. The summed E-state index contributed by atoms with van der Waals surface area (Å²) < 4.78 is 37.7. The molecule has 1 heterocycles. The van der Waals surface area contributed by atoms with Crippen LogP contribution >= 0.6 is 11.3 Å². The number of guanidine groups is 1. The van der Waals surface area contributed by atoms with Crippen molar-refractivity contribution in [2.45, 2.75) is 32.6 Å². The van der Waals surface area contributed by atoms with Gasteiger partial charge in [0.15, 0.2) is 11.7 Å². The molecule has 0 radical (unpaired) electrons. The first-order valence-electron chi connectivity index (χ1n) is 7.35. The van der Waals surface area contributed by atoms with Crippen LogP contribution in [0.1, 0.15) is 34.8 Å². The molecule has 0 aliphatic carbocycles. The summed E-state index contributed by atoms with van der Waals surface area (Å²) in [6, 6.07) is 8.00. The van der Waals surface area contributed by atoms with Gasteiger partial charge in [0, 0.05) is 12.4 Å². The average molecular weight is 356 g/mol. The molecule has 2 N–H and O–H groups in total. The molecule has 130 valence electrons. The first-order chi connectivity index (χ1) is 11.3. The smallest absolute Gasteiger partial charge is 0.350 e. The average Bonchev–Trinajstić information content (AvgIpc) is 3.00. The second-order valence-electron chi connectivity index (χ2n) is 5.27. The summed E-state index contributed by atoms with van der Waals surface area (Å²) in [7, 11) is 1.61. The van der Waals surface area contributed by atoms with Gasteiger partial charge in [-0.15, -0.1) is 11.3 Å². The van der Waals surface area contributed by atoms with Gasteiger partial charge in [-0.25, -0.2) is 4.98 Å². The highest BCUT2D eigenvalue weighted by molar-refractivity contribution is 7.09. The quantitative estimate of drug-likeness (QED) is 0.645. The summed E-state index contributed by atoms with van der Waals surface area (Å²) in [5.74, 6) is 0.509. The molecule has 2 rings (SSSR count). The molecule has 24 heavy (non-hydrogen) atoms. The van der Waals surface area contributed by atoms with Crippen LogP contribution in [-0.4, -0.2) is 18.0 Å². The minimum absolute atomic E-state index is 0.0134. The maximum Gasteiger partial charge on any atom is 0.434 e. The fourth-order valence-electron chi connectivity index (χ4n) is 2.23. The van der Waals surface area contributed by atoms with E-state index in [0.717, 1.165) is 27.8 Å². The van der Waals surface area contributed by atoms with Crippen molar-refractivity contribution < 1.29 is 13.2 Å². The molecule has 8 heteroatoms. The number of hydrogen-bond donors (Lipinski definition) is 2. The van der Waals surface area contributed by atoms with Crippen molar-refractivity contribution in [3.05, 3.63) is 51.5 Å². The van der Waals surface area contributed by atoms with Crippen LogP contribution in [0.15, 0.2) is 34.6 Å². The van der Waals surface area contributed by atoms with Crippen LogP contribution in [0.4, 0.5) is 13.2 Å². The van der Waals surface area contributed by atoms with Crippen molar-refractivity contribution in [3.63, 3.8) is 0 Å². The summed E-state index contributed by atoms with van der Waals surface area (Å²) in [4.78, 5) is 7.69. The number of benzene rings is 1. The molecule has 0 amide bonds. The molecule has 0 saturated heterocycles. The number of rotatable bonds is 4. The van der Waals surface area contributed by atoms with E-state index in [1.807, 2.05) is 38.1 Å². The van der Waals surface area contributed by atoms with Crippen molar-refractivity contribution >= 4 is 17.3 Å². The highest BCUT2D eigenvalue weighted by Crippen LogP contribution is 2.29. The van der Waals surface area contributed by atoms with E-state index in [2.05, 4.69) is 20.6 Å². The van der Waals surface area contributed by atoms with Crippen LogP contribution in [0.5, 0.6) is 0 Å². The van der Waals surface area contributed by atoms with Gasteiger partial charge in [0.2, 0.25) is 0 Å². The predicted octanol–water partition coefficient (Wildman–Crippen LogP) is 3.90. The number of halogens is 3. The molecule has 1 aromatic heterocycles. The third kappa shape index (κ3) is 4.70. The standard InChI is InChI=1S/C16H19F3N4S/c1-10-6-4-5-7-12(10)11(2)22-15(20-3)21-8-14-23-13(9-24-14)16(17,18)19/h4-7,9,11H,8H2,1-3H3,(H2,20,21,22). The number of nitrogens with one attached hydrogen (secondary N) is 2. The van der Waals surface area contributed by atoms with Gasteiger partial charge in [-0.3, -0.25) is 4.99 Å². The number of hydrogen-bond acceptors (Lipinski definition) is 3. The lowest BCUT2D eigenvalue weighted by atomic mass is 10.0. The van der Waals surface area contributed by atoms with Gasteiger partial charge in [-0.05, 0) is 25.0 Å². The van der Waals surface area contributed by atoms with Gasteiger partial charge in [0.25, 0.3) is 0 Å². The number of alkyl halides is 3. The van der Waals surface area contributed by atoms with Crippen LogP contribution in [0, 0.1) is 6.92 Å². The monoisotopic (exact) mass is 356 g/mol. The Morgan fingerprint density at radius 3 is 2.62 bits per heavy atom. The lowest BCUT2D eigenvalue weighted by molar-refractivity contribution is -0.140. The maximum absolute atomic E-state index is 12.6. The van der Waals surface area contributed by atoms with Crippen molar-refractivity contribution in [2.24, 2.45) is 4.99 Å². The molecule has 4 nitrogen and oxygen atoms in total. The largest absolute Gasteiger partial charge is 0.434 e. The molecular weight excluding hydrogens is 337 g/mol. The van der Waals surface area contributed by atoms with E-state index in [0.29, 0.717) is 11.0 Å². The minimum Gasteiger partial charge on any atom is -0.350 e. The summed E-state index contributed by atoms with van der Waals surface area (Å²) in [5.41, 5.74) is 1.43. The summed E-state index contributed by atoms with van der Waals surface area (Å²) >= 11 is 0.970. The normalized spacial score (nSPS) is 13.7. The van der Waals surface area contributed by atoms with Gasteiger partial charge >= 0.3 is 6.18 Å². The van der Waals surface area contributed by atoms with Crippen molar-refractivity contribution in [1.29, 1.82) is 0 Å². The minimum atomic E-state index is -4.41. The van der Waals surface area contributed by atoms with Crippen molar-refractivity contribution in [1.82, 2.24) is 15.6 Å². The number of aliphatic imine (C=N–C) groups is 1. The molecule has 1 atom stereocenters. The molecule has 0 spiro atoms. The Labute approximate surface area is 142 Å². The molecule has 2 aromatic rings. The predicted molar refractivity (Wildman–Crippen MR) is 90.0 cm³/mol. The summed E-state index contributed by atoms with van der Waals surface area (Å²) in [6.07, 6.45) is -4.41. The molecule has 1 aromatic carbocycles. The molecule has 0 bridgehead atoms. The van der Waals surface area contributed by atoms with Gasteiger partial charge in [0.05, 0.1) is 12.6 Å². The van der Waals surface area contributed by atoms with E-state index < -0.39 is 11.9 Å². The first-order valence-corrected chi connectivity index (χ1v) is 8.23.